The molecule has 4 aliphatic rings. The van der Waals surface area contributed by atoms with Crippen molar-refractivity contribution in [2.24, 2.45) is 23.2 Å². The first-order valence-electron chi connectivity index (χ1n) is 12.1. The summed E-state index contributed by atoms with van der Waals surface area (Å²) in [6.45, 7) is 15.5. The van der Waals surface area contributed by atoms with Crippen LogP contribution < -0.4 is 0 Å². The average Bonchev–Trinajstić information content (AvgIpc) is 3.10. The monoisotopic (exact) mass is 432 g/mol. The maximum atomic E-state index is 12.3. The van der Waals surface area contributed by atoms with Crippen molar-refractivity contribution in [2.75, 3.05) is 20.3 Å². The van der Waals surface area contributed by atoms with E-state index in [1.165, 1.54) is 19.3 Å². The number of ether oxygens (including phenoxy) is 3. The van der Waals surface area contributed by atoms with Crippen LogP contribution in [-0.4, -0.2) is 32.4 Å². The van der Waals surface area contributed by atoms with Crippen LogP contribution in [0.25, 0.3) is 0 Å². The molecule has 0 N–H and O–H groups in total. The lowest BCUT2D eigenvalue weighted by Gasteiger charge is -2.49. The molecular formula is C27H44O4. The molecule has 4 rings (SSSR count). The van der Waals surface area contributed by atoms with E-state index in [1.54, 1.807) is 18.3 Å². The molecule has 2 saturated carbocycles. The maximum absolute atomic E-state index is 12.3. The Morgan fingerprint density at radius 2 is 1.81 bits per heavy atom. The topological polar surface area (TPSA) is 44.8 Å². The highest BCUT2D eigenvalue weighted by Gasteiger charge is 2.54. The van der Waals surface area contributed by atoms with Gasteiger partial charge < -0.3 is 14.2 Å². The molecule has 4 aliphatic carbocycles. The normalized spacial score (nSPS) is 31.4. The number of carbonyl (C=O) groups is 1. The van der Waals surface area contributed by atoms with Crippen LogP contribution in [0.5, 0.6) is 0 Å². The summed E-state index contributed by atoms with van der Waals surface area (Å²) < 4.78 is 15.6. The first kappa shape index (κ1) is 25.9. The van der Waals surface area contributed by atoms with Crippen molar-refractivity contribution < 1.29 is 19.0 Å². The molecule has 0 radical (unpaired) electrons. The second kappa shape index (κ2) is 12.0. The summed E-state index contributed by atoms with van der Waals surface area (Å²) in [6, 6.07) is 0. The molecular weight excluding hydrogens is 388 g/mol. The molecule has 0 spiro atoms. The van der Waals surface area contributed by atoms with Gasteiger partial charge in [0.25, 0.3) is 0 Å². The minimum atomic E-state index is -0.0370. The predicted octanol–water partition coefficient (Wildman–Crippen LogP) is 6.62. The maximum Gasteiger partial charge on any atom is 0.154 e. The van der Waals surface area contributed by atoms with Crippen LogP contribution in [-0.2, 0) is 19.0 Å². The van der Waals surface area contributed by atoms with Gasteiger partial charge in [0.2, 0.25) is 0 Å². The number of hydrogen-bond acceptors (Lipinski definition) is 4. The Bertz CT molecular complexity index is 658. The van der Waals surface area contributed by atoms with Crippen LogP contribution in [0.15, 0.2) is 36.1 Å². The molecule has 4 atom stereocenters. The summed E-state index contributed by atoms with van der Waals surface area (Å²) in [5, 5.41) is 0. The van der Waals surface area contributed by atoms with Crippen LogP contribution in [0, 0.1) is 23.2 Å². The van der Waals surface area contributed by atoms with Gasteiger partial charge in [-0.1, -0.05) is 18.1 Å². The molecule has 0 unspecified atom stereocenters. The van der Waals surface area contributed by atoms with Gasteiger partial charge in [0.1, 0.15) is 5.78 Å². The third kappa shape index (κ3) is 5.70. The first-order valence-corrected chi connectivity index (χ1v) is 12.1. The molecule has 0 saturated heterocycles. The summed E-state index contributed by atoms with van der Waals surface area (Å²) in [5.41, 5.74) is 3.39. The molecule has 0 amide bonds. The van der Waals surface area contributed by atoms with E-state index in [1.807, 2.05) is 20.8 Å². The van der Waals surface area contributed by atoms with Crippen LogP contribution in [0.3, 0.4) is 0 Å². The molecule has 0 bridgehead atoms. The zero-order valence-electron chi connectivity index (χ0n) is 20.5. The van der Waals surface area contributed by atoms with Crippen molar-refractivity contribution >= 4 is 5.78 Å². The Kier molecular flexibility index (Phi) is 10.0. The second-order valence-corrected chi connectivity index (χ2v) is 9.20. The lowest BCUT2D eigenvalue weighted by atomic mass is 9.55. The Labute approximate surface area is 190 Å². The third-order valence-electron chi connectivity index (χ3n) is 7.83. The van der Waals surface area contributed by atoms with Gasteiger partial charge in [-0.25, -0.2) is 0 Å². The molecule has 2 fully saturated rings. The van der Waals surface area contributed by atoms with Crippen molar-refractivity contribution in [3.05, 3.63) is 36.1 Å². The van der Waals surface area contributed by atoms with Crippen LogP contribution in [0.4, 0.5) is 0 Å². The zero-order chi connectivity index (χ0) is 23.0. The van der Waals surface area contributed by atoms with Gasteiger partial charge in [0, 0.05) is 31.5 Å². The minimum absolute atomic E-state index is 0.0153. The number of carbonyl (C=O) groups excluding carboxylic acids is 1. The molecule has 0 aromatic rings. The molecule has 0 heterocycles. The summed E-state index contributed by atoms with van der Waals surface area (Å²) in [7, 11) is 1.79. The average molecular weight is 433 g/mol. The van der Waals surface area contributed by atoms with Crippen molar-refractivity contribution in [1.29, 1.82) is 0 Å². The Hall–Kier alpha value is -1.39. The van der Waals surface area contributed by atoms with Gasteiger partial charge in [-0.05, 0) is 83.1 Å². The van der Waals surface area contributed by atoms with E-state index in [9.17, 15) is 4.79 Å². The van der Waals surface area contributed by atoms with Gasteiger partial charge >= 0.3 is 0 Å². The SMILES string of the molecule is C=C.CCOC(C)OCC.COC1=CCC2=C(CC[C@@H]3[C@@H]2CC[C@]2(C)C(=O)CC[C@@H]32)C1. The van der Waals surface area contributed by atoms with E-state index < -0.39 is 0 Å². The van der Waals surface area contributed by atoms with E-state index in [0.29, 0.717) is 11.7 Å². The van der Waals surface area contributed by atoms with E-state index in [-0.39, 0.29) is 11.7 Å². The quantitative estimate of drug-likeness (QED) is 0.362. The number of ketones is 1. The minimum Gasteiger partial charge on any atom is -0.501 e. The molecule has 0 aromatic carbocycles. The summed E-state index contributed by atoms with van der Waals surface area (Å²) in [6.07, 6.45) is 11.3. The Balaban J connectivity index is 0.000000292. The van der Waals surface area contributed by atoms with Crippen molar-refractivity contribution in [3.63, 3.8) is 0 Å². The number of allylic oxidation sites excluding steroid dienone is 3. The molecule has 0 aromatic heterocycles. The van der Waals surface area contributed by atoms with Gasteiger partial charge in [0.15, 0.2) is 6.29 Å². The molecule has 4 nitrogen and oxygen atoms in total. The molecule has 176 valence electrons. The fraction of sp³-hybridized carbons (Fsp3) is 0.741. The largest absolute Gasteiger partial charge is 0.501 e. The highest BCUT2D eigenvalue weighted by atomic mass is 16.7. The first-order chi connectivity index (χ1) is 14.9. The second-order valence-electron chi connectivity index (χ2n) is 9.20. The third-order valence-corrected chi connectivity index (χ3v) is 7.83. The highest BCUT2D eigenvalue weighted by molar-refractivity contribution is 5.87. The smallest absolute Gasteiger partial charge is 0.154 e. The zero-order valence-corrected chi connectivity index (χ0v) is 20.5. The lowest BCUT2D eigenvalue weighted by molar-refractivity contribution is -0.129. The number of rotatable bonds is 5. The van der Waals surface area contributed by atoms with Gasteiger partial charge in [-0.15, -0.1) is 13.2 Å². The summed E-state index contributed by atoms with van der Waals surface area (Å²) in [5.74, 6) is 3.89. The van der Waals surface area contributed by atoms with E-state index in [2.05, 4.69) is 26.2 Å². The Morgan fingerprint density at radius 3 is 2.42 bits per heavy atom. The summed E-state index contributed by atoms with van der Waals surface area (Å²) >= 11 is 0. The fourth-order valence-corrected chi connectivity index (χ4v) is 6.33. The van der Waals surface area contributed by atoms with Crippen molar-refractivity contribution in [3.8, 4) is 0 Å². The van der Waals surface area contributed by atoms with E-state index in [4.69, 9.17) is 14.2 Å². The predicted molar refractivity (Wildman–Crippen MR) is 127 cm³/mol. The van der Waals surface area contributed by atoms with Crippen LogP contribution in [0.1, 0.15) is 79.1 Å². The van der Waals surface area contributed by atoms with Gasteiger partial charge in [-0.3, -0.25) is 4.79 Å². The number of Topliss-reactive ketones (excluding diaryl/α,β-unsaturated/α-hetero) is 1. The Morgan fingerprint density at radius 1 is 1.13 bits per heavy atom. The number of fused-ring (bicyclic) bond motifs is 4. The van der Waals surface area contributed by atoms with Crippen molar-refractivity contribution in [1.82, 2.24) is 0 Å². The van der Waals surface area contributed by atoms with Crippen LogP contribution in [0.2, 0.25) is 0 Å². The van der Waals surface area contributed by atoms with Crippen molar-refractivity contribution in [2.45, 2.75) is 85.4 Å². The highest BCUT2D eigenvalue weighted by Crippen LogP contribution is 2.59. The van der Waals surface area contributed by atoms with Gasteiger partial charge in [0.05, 0.1) is 12.9 Å². The van der Waals surface area contributed by atoms with Gasteiger partial charge in [-0.2, -0.15) is 0 Å². The van der Waals surface area contributed by atoms with E-state index >= 15 is 0 Å². The lowest BCUT2D eigenvalue weighted by Crippen LogP contribution is -2.43. The number of hydrogen-bond donors (Lipinski definition) is 0. The molecule has 4 heteroatoms. The molecule has 31 heavy (non-hydrogen) atoms. The number of methoxy groups -OCH3 is 1. The van der Waals surface area contributed by atoms with Crippen LogP contribution >= 0.6 is 0 Å². The van der Waals surface area contributed by atoms with E-state index in [0.717, 1.165) is 62.9 Å². The molecule has 0 aliphatic heterocycles. The fourth-order valence-electron chi connectivity index (χ4n) is 6.33. The standard InChI is InChI=1S/C19H26O2.C6H14O2.C2H4/c1-19-10-9-15-14-6-4-13(21-2)11-12(14)3-5-16(15)17(19)7-8-18(19)20;1-4-7-6(3)8-5-2;1-2/h4,15-17H,3,5-11H2,1-2H3;6H,4-5H2,1-3H3;1-2H2/t15-,16-,17+,19+;;/m1../s1. The summed E-state index contributed by atoms with van der Waals surface area (Å²) in [4.78, 5) is 12.3.